The van der Waals surface area contributed by atoms with Gasteiger partial charge < -0.3 is 10.0 Å². The number of thioether (sulfide) groups is 1. The lowest BCUT2D eigenvalue weighted by Crippen LogP contribution is -2.46. The van der Waals surface area contributed by atoms with E-state index in [2.05, 4.69) is 25.7 Å². The van der Waals surface area contributed by atoms with Crippen molar-refractivity contribution in [1.29, 1.82) is 0 Å². The van der Waals surface area contributed by atoms with Gasteiger partial charge in [-0.3, -0.25) is 4.79 Å². The predicted molar refractivity (Wildman–Crippen MR) is 82.8 cm³/mol. The van der Waals surface area contributed by atoms with Crippen molar-refractivity contribution in [3.8, 4) is 11.8 Å². The van der Waals surface area contributed by atoms with E-state index in [9.17, 15) is 4.79 Å². The molecule has 1 aliphatic rings. The third-order valence-corrected chi connectivity index (χ3v) is 4.47. The van der Waals surface area contributed by atoms with Gasteiger partial charge >= 0.3 is 0 Å². The Hall–Kier alpha value is -1.44. The molecule has 1 aliphatic heterocycles. The number of aliphatic hydroxyl groups excluding tert-OH is 1. The molecule has 0 bridgehead atoms. The van der Waals surface area contributed by atoms with Crippen molar-refractivity contribution in [3.63, 3.8) is 0 Å². The molecule has 0 radical (unpaired) electrons. The van der Waals surface area contributed by atoms with Crippen molar-refractivity contribution in [1.82, 2.24) is 4.90 Å². The number of aliphatic hydroxyl groups is 1. The normalized spacial score (nSPS) is 17.2. The van der Waals surface area contributed by atoms with Crippen LogP contribution >= 0.6 is 11.8 Å². The van der Waals surface area contributed by atoms with Gasteiger partial charge in [-0.25, -0.2) is 0 Å². The van der Waals surface area contributed by atoms with Crippen molar-refractivity contribution in [2.24, 2.45) is 0 Å². The van der Waals surface area contributed by atoms with Crippen LogP contribution in [0.4, 0.5) is 0 Å². The molecule has 0 unspecified atom stereocenters. The van der Waals surface area contributed by atoms with Crippen molar-refractivity contribution in [3.05, 3.63) is 35.4 Å². The first-order valence-electron chi connectivity index (χ1n) is 6.65. The number of hydrogen-bond donors (Lipinski definition) is 1. The zero-order valence-corrected chi connectivity index (χ0v) is 12.7. The molecule has 1 aromatic rings. The SMILES string of the molecule is CC1(C)CN(C(=O)c2ccccc2C#CCO)CCS1. The Balaban J connectivity index is 2.25. The van der Waals surface area contributed by atoms with Crippen LogP contribution in [0.1, 0.15) is 29.8 Å². The van der Waals surface area contributed by atoms with Crippen LogP contribution in [-0.4, -0.2) is 46.1 Å². The molecular weight excluding hydrogens is 270 g/mol. The number of nitrogens with zero attached hydrogens (tertiary/aromatic N) is 1. The van der Waals surface area contributed by atoms with Gasteiger partial charge in [0.1, 0.15) is 6.61 Å². The van der Waals surface area contributed by atoms with Crippen molar-refractivity contribution in [2.75, 3.05) is 25.4 Å². The number of carbonyl (C=O) groups is 1. The number of benzene rings is 1. The van der Waals surface area contributed by atoms with E-state index in [1.165, 1.54) is 0 Å². The van der Waals surface area contributed by atoms with Crippen LogP contribution in [0.25, 0.3) is 0 Å². The van der Waals surface area contributed by atoms with Crippen LogP contribution in [0, 0.1) is 11.8 Å². The fraction of sp³-hybridized carbons (Fsp3) is 0.438. The summed E-state index contributed by atoms with van der Waals surface area (Å²) in [6.45, 7) is 5.64. The second-order valence-electron chi connectivity index (χ2n) is 5.34. The van der Waals surface area contributed by atoms with Crippen LogP contribution in [0.15, 0.2) is 24.3 Å². The highest BCUT2D eigenvalue weighted by Gasteiger charge is 2.30. The molecule has 1 aromatic carbocycles. The van der Waals surface area contributed by atoms with Gasteiger partial charge in [0.15, 0.2) is 0 Å². The summed E-state index contributed by atoms with van der Waals surface area (Å²) >= 11 is 1.90. The summed E-state index contributed by atoms with van der Waals surface area (Å²) in [4.78, 5) is 14.6. The number of rotatable bonds is 1. The van der Waals surface area contributed by atoms with Crippen LogP contribution < -0.4 is 0 Å². The summed E-state index contributed by atoms with van der Waals surface area (Å²) in [5, 5.41) is 8.80. The summed E-state index contributed by atoms with van der Waals surface area (Å²) < 4.78 is 0.0969. The molecule has 20 heavy (non-hydrogen) atoms. The molecule has 0 atom stereocenters. The van der Waals surface area contributed by atoms with Gasteiger partial charge in [-0.05, 0) is 26.0 Å². The first-order valence-corrected chi connectivity index (χ1v) is 7.64. The number of carbonyl (C=O) groups excluding carboxylic acids is 1. The third kappa shape index (κ3) is 3.56. The predicted octanol–water partition coefficient (Wildman–Crippen LogP) is 2.00. The van der Waals surface area contributed by atoms with Gasteiger partial charge in [-0.1, -0.05) is 24.0 Å². The monoisotopic (exact) mass is 289 g/mol. The highest BCUT2D eigenvalue weighted by Crippen LogP contribution is 2.30. The molecule has 0 aliphatic carbocycles. The Morgan fingerprint density at radius 3 is 2.90 bits per heavy atom. The molecule has 4 heteroatoms. The molecule has 1 saturated heterocycles. The molecule has 2 rings (SSSR count). The lowest BCUT2D eigenvalue weighted by Gasteiger charge is -2.37. The maximum Gasteiger partial charge on any atom is 0.255 e. The lowest BCUT2D eigenvalue weighted by atomic mass is 10.1. The van der Waals surface area contributed by atoms with Crippen molar-refractivity contribution in [2.45, 2.75) is 18.6 Å². The molecule has 0 spiro atoms. The van der Waals surface area contributed by atoms with Gasteiger partial charge in [-0.15, -0.1) is 0 Å². The summed E-state index contributed by atoms with van der Waals surface area (Å²) in [6.07, 6.45) is 0. The van der Waals surface area contributed by atoms with Gasteiger partial charge in [0.2, 0.25) is 0 Å². The first kappa shape index (κ1) is 15.0. The molecule has 1 fully saturated rings. The van der Waals surface area contributed by atoms with Gasteiger partial charge in [0, 0.05) is 29.2 Å². The Kier molecular flexibility index (Phi) is 4.74. The summed E-state index contributed by atoms with van der Waals surface area (Å²) in [5.74, 6) is 6.45. The maximum absolute atomic E-state index is 12.7. The number of amides is 1. The molecule has 3 nitrogen and oxygen atoms in total. The highest BCUT2D eigenvalue weighted by atomic mass is 32.2. The molecule has 0 saturated carbocycles. The third-order valence-electron chi connectivity index (χ3n) is 3.17. The second kappa shape index (κ2) is 6.34. The molecule has 1 amide bonds. The number of hydrogen-bond acceptors (Lipinski definition) is 3. The quantitative estimate of drug-likeness (QED) is 0.804. The van der Waals surface area contributed by atoms with E-state index < -0.39 is 0 Å². The fourth-order valence-electron chi connectivity index (χ4n) is 2.27. The van der Waals surface area contributed by atoms with Crippen LogP contribution in [0.5, 0.6) is 0 Å². The van der Waals surface area contributed by atoms with Crippen molar-refractivity contribution < 1.29 is 9.90 Å². The molecule has 0 aromatic heterocycles. The van der Waals surface area contributed by atoms with Crippen LogP contribution in [-0.2, 0) is 0 Å². The second-order valence-corrected chi connectivity index (χ2v) is 7.14. The maximum atomic E-state index is 12.7. The Bertz CT molecular complexity index is 557. The minimum Gasteiger partial charge on any atom is -0.384 e. The lowest BCUT2D eigenvalue weighted by molar-refractivity contribution is 0.0748. The molecule has 1 heterocycles. The minimum atomic E-state index is -0.199. The summed E-state index contributed by atoms with van der Waals surface area (Å²) in [5.41, 5.74) is 1.30. The molecule has 106 valence electrons. The van der Waals surface area contributed by atoms with E-state index in [0.717, 1.165) is 18.8 Å². The van der Waals surface area contributed by atoms with Gasteiger partial charge in [-0.2, -0.15) is 11.8 Å². The van der Waals surface area contributed by atoms with Crippen molar-refractivity contribution >= 4 is 17.7 Å². The average molecular weight is 289 g/mol. The largest absolute Gasteiger partial charge is 0.384 e. The van der Waals surface area contributed by atoms with E-state index in [-0.39, 0.29) is 17.3 Å². The van der Waals surface area contributed by atoms with E-state index in [1.807, 2.05) is 34.9 Å². The zero-order valence-electron chi connectivity index (χ0n) is 11.8. The van der Waals surface area contributed by atoms with Gasteiger partial charge in [0.05, 0.1) is 5.56 Å². The summed E-state index contributed by atoms with van der Waals surface area (Å²) in [6, 6.07) is 7.33. The first-order chi connectivity index (χ1) is 9.53. The Morgan fingerprint density at radius 1 is 1.45 bits per heavy atom. The smallest absolute Gasteiger partial charge is 0.255 e. The molecule has 1 N–H and O–H groups in total. The van der Waals surface area contributed by atoms with E-state index in [1.54, 1.807) is 6.07 Å². The topological polar surface area (TPSA) is 40.5 Å². The summed E-state index contributed by atoms with van der Waals surface area (Å²) in [7, 11) is 0. The van der Waals surface area contributed by atoms with Crippen LogP contribution in [0.2, 0.25) is 0 Å². The van der Waals surface area contributed by atoms with Gasteiger partial charge in [0.25, 0.3) is 5.91 Å². The van der Waals surface area contributed by atoms with E-state index >= 15 is 0 Å². The Morgan fingerprint density at radius 2 is 2.20 bits per heavy atom. The standard InChI is InChI=1S/C16H19NO2S/c1-16(2)12-17(9-11-20-16)15(19)14-8-4-3-6-13(14)7-5-10-18/h3-4,6,8,18H,9-12H2,1-2H3. The average Bonchev–Trinajstić information content (AvgIpc) is 2.43. The zero-order chi connectivity index (χ0) is 14.6. The molecular formula is C16H19NO2S. The highest BCUT2D eigenvalue weighted by molar-refractivity contribution is 8.00. The Labute approximate surface area is 124 Å². The van der Waals surface area contributed by atoms with Crippen LogP contribution in [0.3, 0.4) is 0 Å². The fourth-order valence-corrected chi connectivity index (χ4v) is 3.38. The minimum absolute atomic E-state index is 0.0289. The van der Waals surface area contributed by atoms with E-state index in [4.69, 9.17) is 5.11 Å². The van der Waals surface area contributed by atoms with E-state index in [0.29, 0.717) is 11.1 Å².